The summed E-state index contributed by atoms with van der Waals surface area (Å²) >= 11 is 0. The maximum atomic E-state index is 10.5. The minimum Gasteiger partial charge on any atom is -0.872 e. The van der Waals surface area contributed by atoms with Crippen LogP contribution in [0.15, 0.2) is 65.6 Å². The maximum Gasteiger partial charge on any atom is 1.00 e. The molecule has 0 aliphatic heterocycles. The van der Waals surface area contributed by atoms with Gasteiger partial charge < -0.3 is 36.7 Å². The number of rotatable bonds is 3. The second kappa shape index (κ2) is 17.7. The number of phenolic OH excluding ortho intramolecular Hbond substituents is 1. The Labute approximate surface area is 256 Å². The first kappa shape index (κ1) is 37.8. The number of ether oxygens (including phenoxy) is 1. The molecule has 0 bridgehead atoms. The molecule has 0 aliphatic rings. The summed E-state index contributed by atoms with van der Waals surface area (Å²) in [6, 6.07) is 13.2. The van der Waals surface area contributed by atoms with Gasteiger partial charge in [0.05, 0.1) is 22.6 Å². The van der Waals surface area contributed by atoms with E-state index in [-0.39, 0.29) is 110 Å². The summed E-state index contributed by atoms with van der Waals surface area (Å²) in [5, 5.41) is 29.2. The van der Waals surface area contributed by atoms with E-state index in [9.17, 15) is 28.2 Å². The van der Waals surface area contributed by atoms with Gasteiger partial charge in [0.15, 0.2) is 0 Å². The van der Waals surface area contributed by atoms with Gasteiger partial charge in [-0.05, 0) is 42.5 Å². The standard InChI is InChI=1S/C7H9NO4S.C6H7N3O2.C6H6O2.Cu.2Na/c1-12-7-3-2-5(4-6(7)8)13(9,10)11;7-4-1-2-6(9(10)11)5(8)3-4;7-5-2-1-3-6(8)4-5;;;/h2-4H,8H2,1H3,(H,9,10,11);1-3H,7-8H2;1-4,7-8H;;;/q;;;;2*+1/p-2. The Balaban J connectivity index is -0.000000431. The van der Waals surface area contributed by atoms with Crippen molar-refractivity contribution in [1.29, 1.82) is 0 Å². The molecule has 3 rings (SSSR count). The fourth-order valence-corrected chi connectivity index (χ4v) is 2.60. The van der Waals surface area contributed by atoms with Crippen LogP contribution in [-0.2, 0) is 27.2 Å². The number of aromatic hydroxyl groups is 1. The van der Waals surface area contributed by atoms with Crippen LogP contribution in [0.5, 0.6) is 17.2 Å². The molecule has 0 fully saturated rings. The number of hydrogen-bond donors (Lipinski definition) is 4. The van der Waals surface area contributed by atoms with Crippen molar-refractivity contribution in [2.75, 3.05) is 24.3 Å². The van der Waals surface area contributed by atoms with Crippen LogP contribution < -0.4 is 86.2 Å². The van der Waals surface area contributed by atoms with Gasteiger partial charge in [-0.3, -0.25) is 10.1 Å². The van der Waals surface area contributed by atoms with E-state index in [0.29, 0.717) is 11.4 Å². The molecule has 183 valence electrons. The smallest absolute Gasteiger partial charge is 0.872 e. The summed E-state index contributed by atoms with van der Waals surface area (Å²) < 4.78 is 36.4. The third-order valence-corrected chi connectivity index (χ3v) is 4.39. The largest absolute Gasteiger partial charge is 1.00 e. The second-order valence-corrected chi connectivity index (χ2v) is 7.31. The molecule has 0 spiro atoms. The predicted octanol–water partition coefficient (Wildman–Crippen LogP) is -4.59. The molecule has 0 unspecified atom stereocenters. The number of methoxy groups -OCH3 is 1. The quantitative estimate of drug-likeness (QED) is 0.0765. The number of nitrogens with two attached hydrogens (primary N) is 3. The molecule has 3 aromatic carbocycles. The zero-order valence-corrected chi connectivity index (χ0v) is 24.7. The first-order valence-corrected chi connectivity index (χ1v) is 9.90. The molecule has 35 heavy (non-hydrogen) atoms. The van der Waals surface area contributed by atoms with Gasteiger partial charge >= 0.3 is 59.1 Å². The molecule has 1 radical (unpaired) electrons. The molecule has 0 aromatic heterocycles. The van der Waals surface area contributed by atoms with Crippen molar-refractivity contribution < 1.29 is 109 Å². The van der Waals surface area contributed by atoms with Crippen molar-refractivity contribution in [3.63, 3.8) is 0 Å². The Kier molecular flexibility index (Phi) is 19.1. The topological polar surface area (TPSA) is 231 Å². The Morgan fingerprint density at radius 3 is 1.91 bits per heavy atom. The molecular formula is C19H20CuN4Na2O8S. The fraction of sp³-hybridized carbons (Fsp3) is 0.0526. The van der Waals surface area contributed by atoms with Gasteiger partial charge in [0.1, 0.15) is 27.3 Å². The van der Waals surface area contributed by atoms with Crippen LogP contribution in [0.3, 0.4) is 0 Å². The summed E-state index contributed by atoms with van der Waals surface area (Å²) in [4.78, 5) is 9.32. The predicted molar refractivity (Wildman–Crippen MR) is 115 cm³/mol. The Hall–Kier alpha value is -1.71. The number of nitrogens with zero attached hydrogens (tertiary/aromatic N) is 1. The van der Waals surface area contributed by atoms with Gasteiger partial charge in [0, 0.05) is 28.8 Å². The van der Waals surface area contributed by atoms with Crippen molar-refractivity contribution in [2.24, 2.45) is 0 Å². The summed E-state index contributed by atoms with van der Waals surface area (Å²) in [5.74, 6) is 0.204. The summed E-state index contributed by atoms with van der Waals surface area (Å²) in [6.07, 6.45) is 0. The average Bonchev–Trinajstić information content (AvgIpc) is 2.67. The number of phenols is 1. The van der Waals surface area contributed by atoms with E-state index in [4.69, 9.17) is 27.0 Å². The number of hydrogen-bond acceptors (Lipinski definition) is 11. The van der Waals surface area contributed by atoms with E-state index in [2.05, 4.69) is 0 Å². The number of benzene rings is 3. The molecule has 0 saturated carbocycles. The van der Waals surface area contributed by atoms with Crippen molar-refractivity contribution in [3.05, 3.63) is 70.8 Å². The minimum atomic E-state index is -4.44. The Morgan fingerprint density at radius 2 is 1.54 bits per heavy atom. The Bertz CT molecular complexity index is 1190. The molecule has 0 saturated heterocycles. The van der Waals surface area contributed by atoms with Crippen LogP contribution >= 0.6 is 0 Å². The number of anilines is 3. The van der Waals surface area contributed by atoms with E-state index >= 15 is 0 Å². The van der Waals surface area contributed by atoms with Gasteiger partial charge in [-0.2, -0.15) is 0 Å². The van der Waals surface area contributed by atoms with Gasteiger partial charge in [-0.15, -0.1) is 5.75 Å². The SMILES string of the molecule is COc1ccc(S(=O)(=O)[O-])cc1N.Nc1ccc([N+](=O)[O-])c(N)c1.[Cu].[Na+].[Na+].[O-]c1cccc(O)c1. The summed E-state index contributed by atoms with van der Waals surface area (Å²) in [7, 11) is -3.04. The van der Waals surface area contributed by atoms with Crippen LogP contribution in [0.1, 0.15) is 0 Å². The molecule has 16 heteroatoms. The summed E-state index contributed by atoms with van der Waals surface area (Å²) in [6.45, 7) is 0. The number of nitrogen functional groups attached to an aromatic ring is 3. The summed E-state index contributed by atoms with van der Waals surface area (Å²) in [5.41, 5.74) is 16.6. The van der Waals surface area contributed by atoms with E-state index in [1.165, 1.54) is 55.6 Å². The third-order valence-electron chi connectivity index (χ3n) is 3.56. The fourth-order valence-electron chi connectivity index (χ4n) is 2.09. The number of nitro benzene ring substituents is 1. The van der Waals surface area contributed by atoms with Crippen LogP contribution in [0, 0.1) is 10.1 Å². The zero-order valence-electron chi connectivity index (χ0n) is 19.0. The number of nitro groups is 1. The molecule has 0 amide bonds. The van der Waals surface area contributed by atoms with Gasteiger partial charge in [0.2, 0.25) is 0 Å². The van der Waals surface area contributed by atoms with Crippen molar-refractivity contribution in [2.45, 2.75) is 4.90 Å². The minimum absolute atomic E-state index is 0. The second-order valence-electron chi connectivity index (χ2n) is 5.93. The first-order valence-electron chi connectivity index (χ1n) is 8.50. The monoisotopic (exact) mass is 573 g/mol. The maximum absolute atomic E-state index is 10.5. The third kappa shape index (κ3) is 13.8. The molecule has 3 aromatic rings. The van der Waals surface area contributed by atoms with Crippen LogP contribution in [0.4, 0.5) is 22.7 Å². The first-order chi connectivity index (χ1) is 14.8. The van der Waals surface area contributed by atoms with Crippen molar-refractivity contribution in [3.8, 4) is 17.2 Å². The molecule has 0 heterocycles. The van der Waals surface area contributed by atoms with Crippen LogP contribution in [0.25, 0.3) is 0 Å². The van der Waals surface area contributed by atoms with Crippen molar-refractivity contribution >= 4 is 32.9 Å². The van der Waals surface area contributed by atoms with Crippen molar-refractivity contribution in [1.82, 2.24) is 0 Å². The average molecular weight is 574 g/mol. The van der Waals surface area contributed by atoms with Gasteiger partial charge in [-0.1, -0.05) is 12.1 Å². The van der Waals surface area contributed by atoms with E-state index in [0.717, 1.165) is 12.1 Å². The normalized spacial score (nSPS) is 9.20. The van der Waals surface area contributed by atoms with Crippen LogP contribution in [-0.4, -0.2) is 30.1 Å². The zero-order chi connectivity index (χ0) is 24.5. The van der Waals surface area contributed by atoms with E-state index in [1.54, 1.807) is 0 Å². The molecule has 7 N–H and O–H groups in total. The van der Waals surface area contributed by atoms with Gasteiger partial charge in [-0.25, -0.2) is 8.42 Å². The van der Waals surface area contributed by atoms with E-state index in [1.807, 2.05) is 0 Å². The van der Waals surface area contributed by atoms with Crippen LogP contribution in [0.2, 0.25) is 0 Å². The van der Waals surface area contributed by atoms with Gasteiger partial charge in [0.25, 0.3) is 5.69 Å². The molecule has 0 aliphatic carbocycles. The molecule has 0 atom stereocenters. The van der Waals surface area contributed by atoms with E-state index < -0.39 is 15.0 Å². The molecular weight excluding hydrogens is 554 g/mol. The molecule has 12 nitrogen and oxygen atoms in total. The Morgan fingerprint density at radius 1 is 0.943 bits per heavy atom.